The number of nitrogens with zero attached hydrogens (tertiary/aromatic N) is 3. The second kappa shape index (κ2) is 10.0. The monoisotopic (exact) mass is 539 g/mol. The number of hydrogen-bond acceptors (Lipinski definition) is 7. The van der Waals surface area contributed by atoms with Crippen molar-refractivity contribution >= 4 is 32.4 Å². The van der Waals surface area contributed by atoms with Gasteiger partial charge in [0.2, 0.25) is 5.88 Å². The lowest BCUT2D eigenvalue weighted by molar-refractivity contribution is 0.400. The third-order valence-electron chi connectivity index (χ3n) is 6.19. The van der Waals surface area contributed by atoms with Crippen LogP contribution in [0.5, 0.6) is 5.88 Å². The molecule has 2 aromatic heterocycles. The number of halogens is 1. The number of nitrogens with two attached hydrogens (primary N) is 1. The minimum absolute atomic E-state index is 0.00847. The molecule has 0 radical (unpaired) electrons. The van der Waals surface area contributed by atoms with E-state index in [-0.39, 0.29) is 17.4 Å². The Kier molecular flexibility index (Phi) is 6.60. The van der Waals surface area contributed by atoms with E-state index < -0.39 is 20.7 Å². The van der Waals surface area contributed by atoms with E-state index in [2.05, 4.69) is 20.8 Å². The lowest BCUT2D eigenvalue weighted by Crippen LogP contribution is -2.15. The third kappa shape index (κ3) is 4.83. The molecule has 0 unspecified atom stereocenters. The van der Waals surface area contributed by atoms with E-state index in [9.17, 15) is 18.1 Å². The number of hydrogen-bond donors (Lipinski definition) is 2. The highest BCUT2D eigenvalue weighted by Crippen LogP contribution is 2.36. The first kappa shape index (κ1) is 25.6. The van der Waals surface area contributed by atoms with Crippen LogP contribution in [0.4, 0.5) is 15.9 Å². The van der Waals surface area contributed by atoms with E-state index in [1.165, 1.54) is 31.5 Å². The molecule has 39 heavy (non-hydrogen) atoms. The second-order valence-corrected chi connectivity index (χ2v) is 10.4. The van der Waals surface area contributed by atoms with E-state index in [0.717, 1.165) is 11.6 Å². The molecule has 0 spiro atoms. The van der Waals surface area contributed by atoms with Crippen LogP contribution in [-0.2, 0) is 10.0 Å². The van der Waals surface area contributed by atoms with Gasteiger partial charge in [-0.15, -0.1) is 0 Å². The van der Waals surface area contributed by atoms with Gasteiger partial charge in [0.15, 0.2) is 0 Å². The average molecular weight is 540 g/mol. The molecule has 0 saturated carbocycles. The first-order valence-corrected chi connectivity index (χ1v) is 13.2. The Balaban J connectivity index is 1.62. The number of anilines is 2. The van der Waals surface area contributed by atoms with Crippen LogP contribution in [0.25, 0.3) is 33.2 Å². The molecule has 8 nitrogen and oxygen atoms in total. The third-order valence-corrected chi connectivity index (χ3v) is 7.58. The van der Waals surface area contributed by atoms with E-state index in [4.69, 9.17) is 10.5 Å². The Bertz CT molecular complexity index is 1890. The van der Waals surface area contributed by atoms with Gasteiger partial charge in [0, 0.05) is 22.7 Å². The van der Waals surface area contributed by atoms with Gasteiger partial charge in [-0.05, 0) is 53.9 Å². The summed E-state index contributed by atoms with van der Waals surface area (Å²) in [6.07, 6.45) is 1.51. The molecule has 0 aliphatic rings. The largest absolute Gasteiger partial charge is 0.480 e. The minimum atomic E-state index is -4.29. The van der Waals surface area contributed by atoms with Crippen molar-refractivity contribution in [3.8, 4) is 34.2 Å². The van der Waals surface area contributed by atoms with E-state index >= 15 is 0 Å². The summed E-state index contributed by atoms with van der Waals surface area (Å²) >= 11 is 0. The topological polar surface area (TPSA) is 131 Å². The van der Waals surface area contributed by atoms with Crippen molar-refractivity contribution in [2.24, 2.45) is 0 Å². The molecule has 3 aromatic carbocycles. The summed E-state index contributed by atoms with van der Waals surface area (Å²) in [5.74, 6) is -0.622. The quantitative estimate of drug-likeness (QED) is 0.284. The van der Waals surface area contributed by atoms with Crippen LogP contribution >= 0.6 is 0 Å². The fraction of sp³-hybridized carbons (Fsp3) is 0.0690. The highest BCUT2D eigenvalue weighted by atomic mass is 32.2. The number of methoxy groups -OCH3 is 1. The summed E-state index contributed by atoms with van der Waals surface area (Å²) in [6.45, 7) is 1.66. The number of fused-ring (bicyclic) bond motifs is 1. The zero-order valence-corrected chi connectivity index (χ0v) is 21.8. The van der Waals surface area contributed by atoms with Gasteiger partial charge >= 0.3 is 0 Å². The molecule has 5 rings (SSSR count). The average Bonchev–Trinajstić information content (AvgIpc) is 2.92. The lowest BCUT2D eigenvalue weighted by atomic mass is 9.95. The molecule has 0 aliphatic carbocycles. The Hall–Kier alpha value is -5.01. The summed E-state index contributed by atoms with van der Waals surface area (Å²) in [7, 11) is -2.94. The van der Waals surface area contributed by atoms with Crippen molar-refractivity contribution in [3.05, 3.63) is 95.9 Å². The molecule has 0 bridgehead atoms. The van der Waals surface area contributed by atoms with E-state index in [1.54, 1.807) is 25.1 Å². The first-order valence-electron chi connectivity index (χ1n) is 11.7. The van der Waals surface area contributed by atoms with E-state index in [0.29, 0.717) is 38.7 Å². The molecule has 5 aromatic rings. The molecule has 10 heteroatoms. The van der Waals surface area contributed by atoms with Gasteiger partial charge in [-0.1, -0.05) is 42.5 Å². The summed E-state index contributed by atoms with van der Waals surface area (Å²) in [4.78, 5) is 8.25. The smallest absolute Gasteiger partial charge is 0.264 e. The minimum Gasteiger partial charge on any atom is -0.480 e. The number of nitrogens with one attached hydrogen (secondary N) is 1. The number of ether oxygens (including phenoxy) is 1. The fourth-order valence-corrected chi connectivity index (χ4v) is 5.45. The number of nitrogen functional groups attached to an aromatic ring is 1. The van der Waals surface area contributed by atoms with Gasteiger partial charge in [-0.25, -0.2) is 22.8 Å². The predicted octanol–water partition coefficient (Wildman–Crippen LogP) is 5.67. The van der Waals surface area contributed by atoms with Crippen LogP contribution in [0.1, 0.15) is 11.1 Å². The second-order valence-electron chi connectivity index (χ2n) is 8.78. The SMILES string of the molecule is COc1ncc(-c2ccc3nc(N)c(-c4ccccc4)c(C#N)c3c2)cc1NS(=O)(=O)c1ccc(C)cc1F. The molecular formula is C29H22FN5O3S. The van der Waals surface area contributed by atoms with Crippen molar-refractivity contribution in [1.29, 1.82) is 5.26 Å². The Morgan fingerprint density at radius 3 is 2.46 bits per heavy atom. The van der Waals surface area contributed by atoms with Crippen molar-refractivity contribution in [2.75, 3.05) is 17.6 Å². The normalized spacial score (nSPS) is 11.2. The number of sulfonamides is 1. The number of rotatable bonds is 6. The Morgan fingerprint density at radius 1 is 1.00 bits per heavy atom. The number of aryl methyl sites for hydroxylation is 1. The first-order chi connectivity index (χ1) is 18.7. The van der Waals surface area contributed by atoms with Crippen molar-refractivity contribution < 1.29 is 17.5 Å². The zero-order valence-electron chi connectivity index (χ0n) is 20.9. The van der Waals surface area contributed by atoms with Gasteiger partial charge in [-0.3, -0.25) is 4.72 Å². The van der Waals surface area contributed by atoms with Crippen molar-refractivity contribution in [3.63, 3.8) is 0 Å². The maximum atomic E-state index is 14.5. The molecule has 0 amide bonds. The van der Waals surface area contributed by atoms with Crippen molar-refractivity contribution in [2.45, 2.75) is 11.8 Å². The highest BCUT2D eigenvalue weighted by Gasteiger charge is 2.22. The lowest BCUT2D eigenvalue weighted by Gasteiger charge is -2.14. The van der Waals surface area contributed by atoms with Crippen LogP contribution in [0.15, 0.2) is 83.9 Å². The molecule has 0 saturated heterocycles. The summed E-state index contributed by atoms with van der Waals surface area (Å²) in [5.41, 5.74) is 10.2. The number of nitriles is 1. The van der Waals surface area contributed by atoms with Gasteiger partial charge in [0.25, 0.3) is 10.0 Å². The predicted molar refractivity (Wildman–Crippen MR) is 148 cm³/mol. The molecule has 0 aliphatic heterocycles. The molecule has 194 valence electrons. The number of aromatic nitrogens is 2. The standard InChI is InChI=1S/C29H22FN5O3S/c1-17-8-11-26(23(30)12-17)39(36,37)35-25-14-20(16-33-29(25)38-2)19-9-10-24-21(13-19)22(15-31)27(28(32)34-24)18-6-4-3-5-7-18/h3-14,16,35H,1-2H3,(H2,32,34). The van der Waals surface area contributed by atoms with Crippen molar-refractivity contribution in [1.82, 2.24) is 9.97 Å². The van der Waals surface area contributed by atoms with Gasteiger partial charge in [0.1, 0.15) is 28.3 Å². The molecule has 0 fully saturated rings. The van der Waals surface area contributed by atoms with Crippen LogP contribution in [0.2, 0.25) is 0 Å². The maximum Gasteiger partial charge on any atom is 0.264 e. The molecule has 3 N–H and O–H groups in total. The molecular weight excluding hydrogens is 517 g/mol. The zero-order chi connectivity index (χ0) is 27.7. The maximum absolute atomic E-state index is 14.5. The van der Waals surface area contributed by atoms with Crippen LogP contribution < -0.4 is 15.2 Å². The number of pyridine rings is 2. The van der Waals surface area contributed by atoms with Gasteiger partial charge in [-0.2, -0.15) is 5.26 Å². The Morgan fingerprint density at radius 2 is 1.77 bits per heavy atom. The van der Waals surface area contributed by atoms with Gasteiger partial charge in [0.05, 0.1) is 18.2 Å². The van der Waals surface area contributed by atoms with Gasteiger partial charge < -0.3 is 10.5 Å². The van der Waals surface area contributed by atoms with Crippen LogP contribution in [0, 0.1) is 24.1 Å². The summed E-state index contributed by atoms with van der Waals surface area (Å²) in [6, 6.07) is 22.2. The molecule has 2 heterocycles. The molecule has 0 atom stereocenters. The highest BCUT2D eigenvalue weighted by molar-refractivity contribution is 7.92. The Labute approximate surface area is 224 Å². The van der Waals surface area contributed by atoms with E-state index in [1.807, 2.05) is 30.3 Å². The number of benzene rings is 3. The van der Waals surface area contributed by atoms with Crippen LogP contribution in [0.3, 0.4) is 0 Å². The fourth-order valence-electron chi connectivity index (χ4n) is 4.34. The summed E-state index contributed by atoms with van der Waals surface area (Å²) in [5, 5.41) is 10.7. The van der Waals surface area contributed by atoms with Crippen LogP contribution in [-0.4, -0.2) is 25.5 Å². The summed E-state index contributed by atoms with van der Waals surface area (Å²) < 4.78 is 48.2.